The molecular weight excluding hydrogens is 431 g/mol. The van der Waals surface area contributed by atoms with Crippen molar-refractivity contribution in [3.05, 3.63) is 0 Å². The maximum Gasteiger partial charge on any atom is 0 e. The Bertz CT molecular complexity index is 327. The van der Waals surface area contributed by atoms with Crippen LogP contribution in [0, 0.1) is 23.2 Å². The quantitative estimate of drug-likeness (QED) is 0.378. The Balaban J connectivity index is -0.000000110. The van der Waals surface area contributed by atoms with E-state index in [0.29, 0.717) is 28.2 Å². The minimum Gasteiger partial charge on any atom is 0 e. The van der Waals surface area contributed by atoms with Gasteiger partial charge in [-0.2, -0.15) is 5.26 Å². The van der Waals surface area contributed by atoms with Crippen LogP contribution < -0.4 is 0 Å². The van der Waals surface area contributed by atoms with Gasteiger partial charge in [-0.05, 0) is 13.8 Å². The van der Waals surface area contributed by atoms with Gasteiger partial charge in [0.25, 0.3) is 0 Å². The second-order valence-corrected chi connectivity index (χ2v) is 5.93. The molecule has 3 radical (unpaired) electrons. The van der Waals surface area contributed by atoms with E-state index >= 15 is 0 Å². The predicted molar refractivity (Wildman–Crippen MR) is 94.2 cm³/mol. The number of esters is 1. The van der Waals surface area contributed by atoms with Gasteiger partial charge in [0, 0.05) is 15.0 Å². The third-order valence-corrected chi connectivity index (χ3v) is 3.84. The molecule has 0 bridgehead atoms. The number of nitriles is 1. The zero-order chi connectivity index (χ0) is 18.0. The van der Waals surface area contributed by atoms with E-state index in [2.05, 4.69) is 25.5 Å². The average Bonchev–Trinajstić information content (AvgIpc) is 2.54. The number of hydrogen-bond donors (Lipinski definition) is 1. The van der Waals surface area contributed by atoms with Gasteiger partial charge in [0.1, 0.15) is 13.2 Å². The zero-order valence-corrected chi connectivity index (χ0v) is 18.0. The van der Waals surface area contributed by atoms with E-state index in [4.69, 9.17) is 10.4 Å². The van der Waals surface area contributed by atoms with Crippen molar-refractivity contribution in [1.29, 1.82) is 5.26 Å². The Morgan fingerprint density at radius 1 is 1.61 bits per heavy atom. The first-order chi connectivity index (χ1) is 10.4. The molecule has 9 heteroatoms. The molecule has 1 aliphatic rings. The predicted octanol–water partition coefficient (Wildman–Crippen LogP) is 1.16. The van der Waals surface area contributed by atoms with Crippen molar-refractivity contribution in [2.75, 3.05) is 19.8 Å². The molecule has 23 heavy (non-hydrogen) atoms. The number of hydrogen-bond acceptors (Lipinski definition) is 5. The van der Waals surface area contributed by atoms with Crippen molar-refractivity contribution in [2.24, 2.45) is 11.8 Å². The number of carbonyl (C=O) groups is 2. The monoisotopic (exact) mass is 460 g/mol. The van der Waals surface area contributed by atoms with Crippen LogP contribution in [0.5, 0.6) is 0 Å². The summed E-state index contributed by atoms with van der Waals surface area (Å²) in [6, 6.07) is 1.85. The summed E-state index contributed by atoms with van der Waals surface area (Å²) in [5.74, 6) is 3.29. The molecule has 0 spiro atoms. The Labute approximate surface area is 156 Å². The van der Waals surface area contributed by atoms with Crippen LogP contribution in [0.3, 0.4) is 0 Å². The van der Waals surface area contributed by atoms with E-state index < -0.39 is 5.97 Å². The number of cyclic esters (lactones) is 1. The smallest absolute Gasteiger partial charge is 0 e. The van der Waals surface area contributed by atoms with Crippen molar-refractivity contribution in [1.82, 2.24) is 0 Å². The third-order valence-electron chi connectivity index (χ3n) is 2.09. The molecule has 0 aliphatic carbocycles. The molecule has 1 rings (SSSR count). The zero-order valence-electron chi connectivity index (χ0n) is 14.4. The molecular formula is C14H27BNO5Se2. The van der Waals surface area contributed by atoms with Crippen molar-refractivity contribution >= 4 is 51.3 Å². The number of nitrogens with zero attached hydrogens (tertiary/aromatic N) is 1. The fourth-order valence-corrected chi connectivity index (χ4v) is 2.14. The second-order valence-electron chi connectivity index (χ2n) is 4.02. The van der Waals surface area contributed by atoms with E-state index in [1.54, 1.807) is 6.92 Å². The number of carboxylic acid groups (broad SMARTS) is 1. The van der Waals surface area contributed by atoms with Gasteiger partial charge in [-0.25, -0.2) is 0 Å². The number of ether oxygens (including phenoxy) is 2. The Hall–Kier alpha value is -0.506. The SMILES string of the molecule is CCOCC#N.C[C@H]1COC1=O.C[SeH].C[Se]C[C@H](C)C(=O)O.[B]. The minimum atomic E-state index is -0.672. The molecule has 6 nitrogen and oxygen atoms in total. The summed E-state index contributed by atoms with van der Waals surface area (Å²) in [4.78, 5) is 20.1. The van der Waals surface area contributed by atoms with E-state index in [-0.39, 0.29) is 32.8 Å². The van der Waals surface area contributed by atoms with Crippen LogP contribution in [0.15, 0.2) is 0 Å². The molecule has 1 heterocycles. The molecule has 0 amide bonds. The van der Waals surface area contributed by atoms with Gasteiger partial charge in [0.05, 0.1) is 12.0 Å². The molecule has 0 saturated carbocycles. The molecule has 0 aromatic heterocycles. The molecule has 1 N–H and O–H groups in total. The molecule has 2 atom stereocenters. The summed E-state index contributed by atoms with van der Waals surface area (Å²) in [5, 5.41) is 17.0. The van der Waals surface area contributed by atoms with Crippen molar-refractivity contribution in [2.45, 2.75) is 37.7 Å². The number of aliphatic carboxylic acids is 1. The van der Waals surface area contributed by atoms with Crippen molar-refractivity contribution in [3.63, 3.8) is 0 Å². The minimum absolute atomic E-state index is 0. The number of carboxylic acids is 1. The third kappa shape index (κ3) is 23.9. The van der Waals surface area contributed by atoms with Gasteiger partial charge in [-0.1, -0.05) is 0 Å². The Morgan fingerprint density at radius 2 is 2.09 bits per heavy atom. The molecule has 1 fully saturated rings. The summed E-state index contributed by atoms with van der Waals surface area (Å²) in [5.41, 5.74) is 0. The number of carbonyl (C=O) groups excluding carboxylic acids is 1. The van der Waals surface area contributed by atoms with E-state index in [0.717, 1.165) is 5.32 Å². The van der Waals surface area contributed by atoms with Crippen LogP contribution >= 0.6 is 0 Å². The molecule has 1 aliphatic heterocycles. The normalized spacial score (nSPS) is 15.0. The molecule has 133 valence electrons. The van der Waals surface area contributed by atoms with Crippen molar-refractivity contribution in [3.8, 4) is 6.07 Å². The molecule has 0 unspecified atom stereocenters. The van der Waals surface area contributed by atoms with Gasteiger partial charge in [0.15, 0.2) is 0 Å². The Kier molecular flexibility index (Phi) is 31.4. The summed E-state index contributed by atoms with van der Waals surface area (Å²) in [6.45, 7) is 6.93. The van der Waals surface area contributed by atoms with Crippen LogP contribution in [-0.4, -0.2) is 76.2 Å². The van der Waals surface area contributed by atoms with Gasteiger partial charge in [-0.15, -0.1) is 0 Å². The van der Waals surface area contributed by atoms with Crippen LogP contribution in [-0.2, 0) is 19.1 Å². The summed E-state index contributed by atoms with van der Waals surface area (Å²) in [7, 11) is 0. The van der Waals surface area contributed by atoms with Crippen LogP contribution in [0.4, 0.5) is 0 Å². The first kappa shape index (κ1) is 30.4. The maximum absolute atomic E-state index is 10.1. The van der Waals surface area contributed by atoms with Crippen molar-refractivity contribution < 1.29 is 24.2 Å². The number of rotatable bonds is 5. The first-order valence-electron chi connectivity index (χ1n) is 6.68. The van der Waals surface area contributed by atoms with Crippen LogP contribution in [0.1, 0.15) is 20.8 Å². The largest absolute Gasteiger partial charge is 0 e. The summed E-state index contributed by atoms with van der Waals surface area (Å²) < 4.78 is 9.03. The maximum atomic E-state index is 10.1. The first-order valence-corrected chi connectivity index (χ1v) is 11.5. The topological polar surface area (TPSA) is 96.6 Å². The summed E-state index contributed by atoms with van der Waals surface area (Å²) >= 11 is 2.81. The van der Waals surface area contributed by atoms with Gasteiger partial charge in [0.2, 0.25) is 0 Å². The van der Waals surface area contributed by atoms with E-state index in [1.807, 2.05) is 31.6 Å². The second kappa shape index (κ2) is 23.8. The molecule has 0 aromatic rings. The van der Waals surface area contributed by atoms with Gasteiger partial charge < -0.3 is 9.47 Å². The fraction of sp³-hybridized carbons (Fsp3) is 0.786. The van der Waals surface area contributed by atoms with E-state index in [9.17, 15) is 9.59 Å². The Morgan fingerprint density at radius 3 is 2.17 bits per heavy atom. The van der Waals surface area contributed by atoms with Crippen LogP contribution in [0.2, 0.25) is 17.0 Å². The molecule has 1 saturated heterocycles. The molecule has 0 aromatic carbocycles. The van der Waals surface area contributed by atoms with Crippen LogP contribution in [0.25, 0.3) is 0 Å². The van der Waals surface area contributed by atoms with Gasteiger partial charge >= 0.3 is 82.6 Å². The fourth-order valence-electron chi connectivity index (χ4n) is 0.787. The standard InChI is InChI=1S/C5H10O2Se.C4H7NO.C4H6O2.CH4Se.B/c1-4(3-8-2)5(6)7;1-2-6-4-3-5;1-3-2-6-4(3)5;1-2;/h4H,3H2,1-2H3,(H,6,7);2,4H2,1H3;3H,2H2,1H3;2H,1H3;/t4-;;3-;;/m0.0../s1. The van der Waals surface area contributed by atoms with E-state index in [1.165, 1.54) is 0 Å². The average molecular weight is 458 g/mol. The van der Waals surface area contributed by atoms with Gasteiger partial charge in [-0.3, -0.25) is 4.79 Å². The summed E-state index contributed by atoms with van der Waals surface area (Å²) in [6.07, 6.45) is 0.